The van der Waals surface area contributed by atoms with E-state index in [0.717, 1.165) is 13.0 Å². The van der Waals surface area contributed by atoms with Gasteiger partial charge in [0.2, 0.25) is 0 Å². The molecular weight excluding hydrogens is 260 g/mol. The maximum atomic E-state index is 9.79. The number of hydrogen-bond acceptors (Lipinski definition) is 3. The van der Waals surface area contributed by atoms with Crippen LogP contribution in [0, 0.1) is 0 Å². The van der Waals surface area contributed by atoms with Gasteiger partial charge in [0.05, 0.1) is 0 Å². The standard InChI is InChI=1S/C18H28N2O/c1-20(2)18(10-3-4-11-18)13-19-17-7-5-6-14-8-9-15(21)12-16(14)17/h8-9,12,17,19,21H,3-7,10-11,13H2,1-2H3. The Balaban J connectivity index is 1.73. The fraction of sp³-hybridized carbons (Fsp3) is 0.667. The molecule has 3 rings (SSSR count). The Labute approximate surface area is 128 Å². The zero-order valence-electron chi connectivity index (χ0n) is 13.4. The Bertz CT molecular complexity index is 492. The van der Waals surface area contributed by atoms with Gasteiger partial charge in [0.25, 0.3) is 0 Å². The van der Waals surface area contributed by atoms with Crippen LogP contribution in [0.3, 0.4) is 0 Å². The van der Waals surface area contributed by atoms with Crippen LogP contribution < -0.4 is 5.32 Å². The van der Waals surface area contributed by atoms with Crippen LogP contribution in [-0.4, -0.2) is 36.2 Å². The van der Waals surface area contributed by atoms with Crippen LogP contribution in [0.25, 0.3) is 0 Å². The molecule has 0 amide bonds. The van der Waals surface area contributed by atoms with E-state index in [1.54, 1.807) is 0 Å². The van der Waals surface area contributed by atoms with Crippen LogP contribution in [0.15, 0.2) is 18.2 Å². The normalized spacial score (nSPS) is 24.2. The van der Waals surface area contributed by atoms with E-state index in [9.17, 15) is 5.11 Å². The molecular formula is C18H28N2O. The lowest BCUT2D eigenvalue weighted by molar-refractivity contribution is 0.147. The van der Waals surface area contributed by atoms with E-state index in [4.69, 9.17) is 0 Å². The van der Waals surface area contributed by atoms with Crippen molar-refractivity contribution in [1.82, 2.24) is 10.2 Å². The second-order valence-corrected chi connectivity index (χ2v) is 7.03. The second-order valence-electron chi connectivity index (χ2n) is 7.03. The minimum atomic E-state index is 0.328. The van der Waals surface area contributed by atoms with Crippen molar-refractivity contribution in [3.8, 4) is 5.75 Å². The summed E-state index contributed by atoms with van der Waals surface area (Å²) in [4.78, 5) is 2.42. The third kappa shape index (κ3) is 2.95. The van der Waals surface area contributed by atoms with E-state index in [1.165, 1.54) is 49.7 Å². The molecule has 0 heterocycles. The van der Waals surface area contributed by atoms with Crippen molar-refractivity contribution in [2.24, 2.45) is 0 Å². The van der Waals surface area contributed by atoms with Gasteiger partial charge in [-0.05, 0) is 69.5 Å². The number of rotatable bonds is 4. The summed E-state index contributed by atoms with van der Waals surface area (Å²) in [6.45, 7) is 1.06. The minimum absolute atomic E-state index is 0.328. The Hall–Kier alpha value is -1.06. The van der Waals surface area contributed by atoms with E-state index < -0.39 is 0 Å². The molecule has 0 aliphatic heterocycles. The van der Waals surface area contributed by atoms with E-state index in [0.29, 0.717) is 17.3 Å². The highest BCUT2D eigenvalue weighted by atomic mass is 16.3. The molecule has 1 saturated carbocycles. The molecule has 0 saturated heterocycles. The number of aromatic hydroxyl groups is 1. The van der Waals surface area contributed by atoms with Gasteiger partial charge in [-0.15, -0.1) is 0 Å². The highest BCUT2D eigenvalue weighted by molar-refractivity contribution is 5.38. The Morgan fingerprint density at radius 1 is 1.24 bits per heavy atom. The number of nitrogens with zero attached hydrogens (tertiary/aromatic N) is 1. The summed E-state index contributed by atoms with van der Waals surface area (Å²) in [5.74, 6) is 0.394. The van der Waals surface area contributed by atoms with Crippen molar-refractivity contribution in [2.75, 3.05) is 20.6 Å². The first-order chi connectivity index (χ1) is 10.1. The molecule has 1 aromatic rings. The maximum Gasteiger partial charge on any atom is 0.115 e. The number of phenols is 1. The number of benzene rings is 1. The van der Waals surface area contributed by atoms with Crippen molar-refractivity contribution >= 4 is 0 Å². The molecule has 3 heteroatoms. The quantitative estimate of drug-likeness (QED) is 0.893. The Morgan fingerprint density at radius 3 is 2.71 bits per heavy atom. The van der Waals surface area contributed by atoms with Gasteiger partial charge in [-0.25, -0.2) is 0 Å². The lowest BCUT2D eigenvalue weighted by Crippen LogP contribution is -2.50. The minimum Gasteiger partial charge on any atom is -0.508 e. The number of likely N-dealkylation sites (N-methyl/N-ethyl adjacent to an activating group) is 1. The molecule has 2 aliphatic carbocycles. The van der Waals surface area contributed by atoms with E-state index in [2.05, 4.69) is 30.4 Å². The number of aryl methyl sites for hydroxylation is 1. The molecule has 116 valence electrons. The third-order valence-electron chi connectivity index (χ3n) is 5.60. The molecule has 2 aliphatic rings. The van der Waals surface area contributed by atoms with Crippen molar-refractivity contribution in [3.63, 3.8) is 0 Å². The fourth-order valence-corrected chi connectivity index (χ4v) is 4.13. The third-order valence-corrected chi connectivity index (χ3v) is 5.60. The lowest BCUT2D eigenvalue weighted by atomic mass is 9.86. The first-order valence-corrected chi connectivity index (χ1v) is 8.33. The summed E-state index contributed by atoms with van der Waals surface area (Å²) in [6, 6.07) is 6.27. The van der Waals surface area contributed by atoms with E-state index in [-0.39, 0.29) is 0 Å². The second kappa shape index (κ2) is 5.98. The fourth-order valence-electron chi connectivity index (χ4n) is 4.13. The van der Waals surface area contributed by atoms with Gasteiger partial charge in [-0.1, -0.05) is 18.9 Å². The molecule has 1 fully saturated rings. The average molecular weight is 288 g/mol. The largest absolute Gasteiger partial charge is 0.508 e. The van der Waals surface area contributed by atoms with Crippen LogP contribution in [0.4, 0.5) is 0 Å². The molecule has 1 atom stereocenters. The molecule has 3 nitrogen and oxygen atoms in total. The van der Waals surface area contributed by atoms with Gasteiger partial charge in [-0.2, -0.15) is 0 Å². The molecule has 1 unspecified atom stereocenters. The number of fused-ring (bicyclic) bond motifs is 1. The predicted octanol–water partition coefficient (Wildman–Crippen LogP) is 3.23. The highest BCUT2D eigenvalue weighted by Crippen LogP contribution is 2.36. The first kappa shape index (κ1) is 14.9. The average Bonchev–Trinajstić information content (AvgIpc) is 2.95. The van der Waals surface area contributed by atoms with Gasteiger partial charge in [-0.3, -0.25) is 0 Å². The van der Waals surface area contributed by atoms with Crippen LogP contribution in [-0.2, 0) is 6.42 Å². The van der Waals surface area contributed by atoms with Crippen LogP contribution in [0.5, 0.6) is 5.75 Å². The predicted molar refractivity (Wildman–Crippen MR) is 86.7 cm³/mol. The van der Waals surface area contributed by atoms with Crippen LogP contribution in [0.1, 0.15) is 55.7 Å². The zero-order valence-corrected chi connectivity index (χ0v) is 13.4. The van der Waals surface area contributed by atoms with Gasteiger partial charge in [0.15, 0.2) is 0 Å². The summed E-state index contributed by atoms with van der Waals surface area (Å²) >= 11 is 0. The van der Waals surface area contributed by atoms with Crippen LogP contribution in [0.2, 0.25) is 0 Å². The molecule has 0 aromatic heterocycles. The maximum absolute atomic E-state index is 9.79. The highest BCUT2D eigenvalue weighted by Gasteiger charge is 2.36. The molecule has 0 spiro atoms. The van der Waals surface area contributed by atoms with Gasteiger partial charge in [0.1, 0.15) is 5.75 Å². The molecule has 0 radical (unpaired) electrons. The topological polar surface area (TPSA) is 35.5 Å². The Kier molecular flexibility index (Phi) is 4.23. The van der Waals surface area contributed by atoms with E-state index in [1.807, 2.05) is 12.1 Å². The molecule has 21 heavy (non-hydrogen) atoms. The monoisotopic (exact) mass is 288 g/mol. The van der Waals surface area contributed by atoms with Crippen molar-refractivity contribution in [3.05, 3.63) is 29.3 Å². The van der Waals surface area contributed by atoms with Crippen molar-refractivity contribution in [1.29, 1.82) is 0 Å². The van der Waals surface area contributed by atoms with Gasteiger partial charge >= 0.3 is 0 Å². The zero-order chi connectivity index (χ0) is 14.9. The summed E-state index contributed by atoms with van der Waals surface area (Å²) in [7, 11) is 4.43. The SMILES string of the molecule is CN(C)C1(CNC2CCCc3ccc(O)cc32)CCCC1. The summed E-state index contributed by atoms with van der Waals surface area (Å²) in [5.41, 5.74) is 3.05. The molecule has 0 bridgehead atoms. The smallest absolute Gasteiger partial charge is 0.115 e. The van der Waals surface area contributed by atoms with Crippen LogP contribution >= 0.6 is 0 Å². The van der Waals surface area contributed by atoms with Crippen molar-refractivity contribution in [2.45, 2.75) is 56.5 Å². The van der Waals surface area contributed by atoms with E-state index >= 15 is 0 Å². The number of phenolic OH excluding ortho intramolecular Hbond substituents is 1. The van der Waals surface area contributed by atoms with Gasteiger partial charge < -0.3 is 15.3 Å². The summed E-state index contributed by atoms with van der Waals surface area (Å²) in [6.07, 6.45) is 8.86. The number of nitrogens with one attached hydrogen (secondary N) is 1. The van der Waals surface area contributed by atoms with Gasteiger partial charge in [0, 0.05) is 18.1 Å². The first-order valence-electron chi connectivity index (χ1n) is 8.33. The molecule has 2 N–H and O–H groups in total. The summed E-state index contributed by atoms with van der Waals surface area (Å²) < 4.78 is 0. The number of hydrogen-bond donors (Lipinski definition) is 2. The van der Waals surface area contributed by atoms with Crippen molar-refractivity contribution < 1.29 is 5.11 Å². The lowest BCUT2D eigenvalue weighted by Gasteiger charge is -2.39. The molecule has 1 aromatic carbocycles. The Morgan fingerprint density at radius 2 is 2.00 bits per heavy atom. The summed E-state index contributed by atoms with van der Waals surface area (Å²) in [5, 5.41) is 13.6.